The maximum atomic E-state index is 12.2. The van der Waals surface area contributed by atoms with Crippen molar-refractivity contribution in [2.75, 3.05) is 33.4 Å². The Bertz CT molecular complexity index is 517. The average Bonchev–Trinajstić information content (AvgIpc) is 2.97. The highest BCUT2D eigenvalue weighted by Gasteiger charge is 2.39. The zero-order valence-electron chi connectivity index (χ0n) is 13.5. The molecule has 2 aliphatic heterocycles. The summed E-state index contributed by atoms with van der Waals surface area (Å²) in [7, 11) is 1.64. The number of amides is 1. The molecular formula is C15H25ClN4O3. The van der Waals surface area contributed by atoms with Gasteiger partial charge in [0.15, 0.2) is 5.82 Å². The number of ether oxygens (including phenoxy) is 1. The van der Waals surface area contributed by atoms with Crippen LogP contribution in [0.15, 0.2) is 4.52 Å². The predicted molar refractivity (Wildman–Crippen MR) is 86.3 cm³/mol. The lowest BCUT2D eigenvalue weighted by atomic mass is 9.73. The van der Waals surface area contributed by atoms with Crippen molar-refractivity contribution < 1.29 is 14.1 Å². The molecular weight excluding hydrogens is 320 g/mol. The van der Waals surface area contributed by atoms with Crippen molar-refractivity contribution in [1.29, 1.82) is 0 Å². The number of carbonyl (C=O) groups excluding carboxylic acids is 1. The van der Waals surface area contributed by atoms with Gasteiger partial charge in [0.25, 0.3) is 0 Å². The lowest BCUT2D eigenvalue weighted by Crippen LogP contribution is -2.50. The summed E-state index contributed by atoms with van der Waals surface area (Å²) >= 11 is 0. The Morgan fingerprint density at radius 2 is 2.13 bits per heavy atom. The number of piperidine rings is 2. The number of hydrogen-bond donors (Lipinski definition) is 1. The summed E-state index contributed by atoms with van der Waals surface area (Å²) in [6, 6.07) is 0. The molecule has 130 valence electrons. The van der Waals surface area contributed by atoms with Crippen LogP contribution in [0.1, 0.15) is 37.4 Å². The van der Waals surface area contributed by atoms with Crippen molar-refractivity contribution >= 4 is 18.3 Å². The fraction of sp³-hybridized carbons (Fsp3) is 0.800. The first-order chi connectivity index (χ1) is 10.7. The van der Waals surface area contributed by atoms with Gasteiger partial charge in [-0.05, 0) is 37.8 Å². The summed E-state index contributed by atoms with van der Waals surface area (Å²) in [5.41, 5.74) is 0.280. The number of likely N-dealkylation sites (tertiary alicyclic amines) is 1. The zero-order valence-corrected chi connectivity index (χ0v) is 14.4. The third-order valence-corrected chi connectivity index (χ3v) is 4.77. The van der Waals surface area contributed by atoms with Crippen molar-refractivity contribution in [2.45, 2.75) is 38.6 Å². The van der Waals surface area contributed by atoms with Gasteiger partial charge >= 0.3 is 0 Å². The van der Waals surface area contributed by atoms with E-state index in [1.807, 2.05) is 4.90 Å². The molecule has 0 radical (unpaired) electrons. The van der Waals surface area contributed by atoms with Crippen LogP contribution >= 0.6 is 12.4 Å². The molecule has 1 aromatic heterocycles. The molecule has 0 bridgehead atoms. The molecule has 2 fully saturated rings. The highest BCUT2D eigenvalue weighted by atomic mass is 35.5. The number of carbonyl (C=O) groups is 1. The first-order valence-electron chi connectivity index (χ1n) is 8.00. The van der Waals surface area contributed by atoms with E-state index < -0.39 is 0 Å². The summed E-state index contributed by atoms with van der Waals surface area (Å²) in [6.45, 7) is 3.91. The standard InChI is InChI=1S/C15H24N4O3.ClH/c1-21-9-3-13-17-12(18-22-13)10-19-11-15(4-2-14(19)20)5-7-16-8-6-15;/h16H,2-11H2,1H3;1H. The molecule has 3 rings (SSSR count). The Morgan fingerprint density at radius 1 is 1.35 bits per heavy atom. The molecule has 1 spiro atoms. The summed E-state index contributed by atoms with van der Waals surface area (Å²) in [6.07, 6.45) is 4.53. The molecule has 1 aromatic rings. The second-order valence-electron chi connectivity index (χ2n) is 6.35. The molecule has 0 atom stereocenters. The van der Waals surface area contributed by atoms with Gasteiger partial charge in [-0.3, -0.25) is 4.79 Å². The third kappa shape index (κ3) is 4.43. The monoisotopic (exact) mass is 344 g/mol. The Kier molecular flexibility index (Phi) is 6.38. The quantitative estimate of drug-likeness (QED) is 0.863. The summed E-state index contributed by atoms with van der Waals surface area (Å²) in [5, 5.41) is 7.38. The number of aromatic nitrogens is 2. The highest BCUT2D eigenvalue weighted by Crippen LogP contribution is 2.38. The smallest absolute Gasteiger partial charge is 0.229 e. The van der Waals surface area contributed by atoms with E-state index in [-0.39, 0.29) is 23.7 Å². The number of nitrogens with one attached hydrogen (secondary N) is 1. The molecule has 0 aromatic carbocycles. The van der Waals surface area contributed by atoms with Crippen LogP contribution in [0.4, 0.5) is 0 Å². The normalized spacial score (nSPS) is 20.6. The van der Waals surface area contributed by atoms with Gasteiger partial charge in [-0.25, -0.2) is 0 Å². The van der Waals surface area contributed by atoms with Crippen LogP contribution in [0.2, 0.25) is 0 Å². The fourth-order valence-electron chi connectivity index (χ4n) is 3.43. The second-order valence-corrected chi connectivity index (χ2v) is 6.35. The molecule has 23 heavy (non-hydrogen) atoms. The maximum absolute atomic E-state index is 12.2. The van der Waals surface area contributed by atoms with Gasteiger partial charge in [0.1, 0.15) is 0 Å². The van der Waals surface area contributed by atoms with Crippen molar-refractivity contribution in [1.82, 2.24) is 20.4 Å². The van der Waals surface area contributed by atoms with E-state index in [1.165, 1.54) is 0 Å². The lowest BCUT2D eigenvalue weighted by molar-refractivity contribution is -0.139. The van der Waals surface area contributed by atoms with E-state index in [0.29, 0.717) is 37.7 Å². The van der Waals surface area contributed by atoms with E-state index in [1.54, 1.807) is 7.11 Å². The summed E-state index contributed by atoms with van der Waals surface area (Å²) in [4.78, 5) is 18.5. The van der Waals surface area contributed by atoms with Crippen LogP contribution in [-0.4, -0.2) is 54.3 Å². The second kappa shape index (κ2) is 8.08. The topological polar surface area (TPSA) is 80.5 Å². The number of rotatable bonds is 5. The Morgan fingerprint density at radius 3 is 2.87 bits per heavy atom. The van der Waals surface area contributed by atoms with Crippen LogP contribution in [0.3, 0.4) is 0 Å². The molecule has 7 nitrogen and oxygen atoms in total. The largest absolute Gasteiger partial charge is 0.384 e. The number of methoxy groups -OCH3 is 1. The number of nitrogens with zero attached hydrogens (tertiary/aromatic N) is 3. The first kappa shape index (κ1) is 18.2. The average molecular weight is 345 g/mol. The number of hydrogen-bond acceptors (Lipinski definition) is 6. The zero-order chi connectivity index (χ0) is 15.4. The van der Waals surface area contributed by atoms with E-state index in [2.05, 4.69) is 15.5 Å². The minimum absolute atomic E-state index is 0. The van der Waals surface area contributed by atoms with Crippen molar-refractivity contribution in [3.63, 3.8) is 0 Å². The van der Waals surface area contributed by atoms with Crippen molar-refractivity contribution in [3.8, 4) is 0 Å². The number of halogens is 1. The molecule has 3 heterocycles. The van der Waals surface area contributed by atoms with Gasteiger partial charge < -0.3 is 19.5 Å². The van der Waals surface area contributed by atoms with Crippen LogP contribution in [0, 0.1) is 5.41 Å². The van der Waals surface area contributed by atoms with E-state index >= 15 is 0 Å². The molecule has 2 aliphatic rings. The van der Waals surface area contributed by atoms with Crippen LogP contribution in [-0.2, 0) is 22.5 Å². The molecule has 0 aliphatic carbocycles. The highest BCUT2D eigenvalue weighted by molar-refractivity contribution is 5.85. The molecule has 1 N–H and O–H groups in total. The van der Waals surface area contributed by atoms with Crippen LogP contribution in [0.5, 0.6) is 0 Å². The van der Waals surface area contributed by atoms with Gasteiger partial charge in [0.05, 0.1) is 19.6 Å². The van der Waals surface area contributed by atoms with E-state index in [4.69, 9.17) is 9.26 Å². The van der Waals surface area contributed by atoms with Gasteiger partial charge in [0.2, 0.25) is 11.8 Å². The molecule has 0 unspecified atom stereocenters. The summed E-state index contributed by atoms with van der Waals surface area (Å²) < 4.78 is 10.2. The van der Waals surface area contributed by atoms with Crippen molar-refractivity contribution in [2.24, 2.45) is 5.41 Å². The minimum Gasteiger partial charge on any atom is -0.384 e. The third-order valence-electron chi connectivity index (χ3n) is 4.77. The van der Waals surface area contributed by atoms with Crippen molar-refractivity contribution in [3.05, 3.63) is 11.7 Å². The fourth-order valence-corrected chi connectivity index (χ4v) is 3.43. The Labute approximate surface area is 142 Å². The first-order valence-corrected chi connectivity index (χ1v) is 8.00. The minimum atomic E-state index is 0. The maximum Gasteiger partial charge on any atom is 0.229 e. The summed E-state index contributed by atoms with van der Waals surface area (Å²) in [5.74, 6) is 1.36. The Hall–Kier alpha value is -1.18. The van der Waals surface area contributed by atoms with E-state index in [9.17, 15) is 4.79 Å². The van der Waals surface area contributed by atoms with Gasteiger partial charge in [0, 0.05) is 20.1 Å². The predicted octanol–water partition coefficient (Wildman–Crippen LogP) is 1.17. The van der Waals surface area contributed by atoms with Crippen LogP contribution in [0.25, 0.3) is 0 Å². The molecule has 8 heteroatoms. The van der Waals surface area contributed by atoms with Crippen LogP contribution < -0.4 is 5.32 Å². The van der Waals surface area contributed by atoms with Gasteiger partial charge in [-0.1, -0.05) is 5.16 Å². The van der Waals surface area contributed by atoms with E-state index in [0.717, 1.165) is 38.9 Å². The Balaban J connectivity index is 0.00000192. The molecule has 1 amide bonds. The lowest BCUT2D eigenvalue weighted by Gasteiger charge is -2.44. The van der Waals surface area contributed by atoms with Gasteiger partial charge in [-0.2, -0.15) is 4.98 Å². The van der Waals surface area contributed by atoms with Gasteiger partial charge in [-0.15, -0.1) is 12.4 Å². The molecule has 2 saturated heterocycles. The SMILES string of the molecule is COCCc1nc(CN2CC3(CCNCC3)CCC2=O)no1.Cl. The molecule has 0 saturated carbocycles.